The zero-order valence-corrected chi connectivity index (χ0v) is 8.50. The molecule has 1 aliphatic rings. The zero-order chi connectivity index (χ0) is 10.3. The van der Waals surface area contributed by atoms with E-state index in [9.17, 15) is 9.90 Å². The number of fused-ring (bicyclic) bond motifs is 1. The molecule has 14 heavy (non-hydrogen) atoms. The van der Waals surface area contributed by atoms with Gasteiger partial charge in [-0.1, -0.05) is 13.8 Å². The molecule has 1 aliphatic carbocycles. The fourth-order valence-electron chi connectivity index (χ4n) is 2.17. The Balaban J connectivity index is 2.51. The number of aromatic nitrogens is 1. The number of aliphatic hydroxyl groups is 1. The van der Waals surface area contributed by atoms with Crippen molar-refractivity contribution in [1.82, 2.24) is 4.98 Å². The van der Waals surface area contributed by atoms with Crippen LogP contribution in [0.3, 0.4) is 0 Å². The largest absolute Gasteiger partial charge is 0.388 e. The predicted octanol–water partition coefficient (Wildman–Crippen LogP) is 1.38. The van der Waals surface area contributed by atoms with Crippen molar-refractivity contribution >= 4 is 0 Å². The van der Waals surface area contributed by atoms with Gasteiger partial charge in [0.2, 0.25) is 5.56 Å². The lowest BCUT2D eigenvalue weighted by Gasteiger charge is -2.33. The first-order valence-corrected chi connectivity index (χ1v) is 4.88. The molecule has 0 saturated heterocycles. The summed E-state index contributed by atoms with van der Waals surface area (Å²) in [6, 6.07) is 3.20. The van der Waals surface area contributed by atoms with Gasteiger partial charge in [-0.05, 0) is 24.3 Å². The van der Waals surface area contributed by atoms with Gasteiger partial charge in [0.15, 0.2) is 0 Å². The summed E-state index contributed by atoms with van der Waals surface area (Å²) in [6.07, 6.45) is 1.15. The van der Waals surface area contributed by atoms with Crippen LogP contribution in [0.5, 0.6) is 0 Å². The van der Waals surface area contributed by atoms with Crippen molar-refractivity contribution in [3.05, 3.63) is 33.7 Å². The van der Waals surface area contributed by atoms with Crippen molar-refractivity contribution in [3.63, 3.8) is 0 Å². The van der Waals surface area contributed by atoms with E-state index >= 15 is 0 Å². The Bertz CT molecular complexity index is 406. The van der Waals surface area contributed by atoms with Gasteiger partial charge in [-0.25, -0.2) is 0 Å². The average Bonchev–Trinajstić information content (AvgIpc) is 2.00. The standard InChI is InChI=1S/C11H15NO2/c1-11(2)5-8-7(9(13)6-11)3-4-10(14)12-8/h3-4,9,13H,5-6H2,1-2H3,(H,12,14)/t9-/m0/s1. The maximum Gasteiger partial charge on any atom is 0.248 e. The first-order chi connectivity index (χ1) is 6.48. The van der Waals surface area contributed by atoms with E-state index in [-0.39, 0.29) is 11.0 Å². The molecule has 3 nitrogen and oxygen atoms in total. The first kappa shape index (κ1) is 9.46. The SMILES string of the molecule is CC1(C)Cc2[nH]c(=O)ccc2[C@@H](O)C1. The highest BCUT2D eigenvalue weighted by molar-refractivity contribution is 5.26. The number of H-pyrrole nitrogens is 1. The predicted molar refractivity (Wildman–Crippen MR) is 54.1 cm³/mol. The Hall–Kier alpha value is -1.09. The molecule has 1 atom stereocenters. The van der Waals surface area contributed by atoms with Gasteiger partial charge in [-0.15, -0.1) is 0 Å². The van der Waals surface area contributed by atoms with Gasteiger partial charge in [-0.2, -0.15) is 0 Å². The highest BCUT2D eigenvalue weighted by Crippen LogP contribution is 2.39. The third-order valence-corrected chi connectivity index (χ3v) is 2.80. The molecular formula is C11H15NO2. The van der Waals surface area contributed by atoms with Gasteiger partial charge < -0.3 is 10.1 Å². The van der Waals surface area contributed by atoms with Crippen LogP contribution < -0.4 is 5.56 Å². The molecule has 0 unspecified atom stereocenters. The quantitative estimate of drug-likeness (QED) is 0.654. The smallest absolute Gasteiger partial charge is 0.248 e. The van der Waals surface area contributed by atoms with E-state index in [2.05, 4.69) is 18.8 Å². The highest BCUT2D eigenvalue weighted by atomic mass is 16.3. The topological polar surface area (TPSA) is 53.1 Å². The molecule has 1 aromatic rings. The summed E-state index contributed by atoms with van der Waals surface area (Å²) in [5.74, 6) is 0. The molecule has 76 valence electrons. The molecule has 0 bridgehead atoms. The second-order valence-electron chi connectivity index (χ2n) is 4.82. The van der Waals surface area contributed by atoms with Gasteiger partial charge in [-0.3, -0.25) is 4.79 Å². The van der Waals surface area contributed by atoms with Crippen LogP contribution in [-0.2, 0) is 6.42 Å². The van der Waals surface area contributed by atoms with Gasteiger partial charge in [0.05, 0.1) is 6.10 Å². The lowest BCUT2D eigenvalue weighted by atomic mass is 9.75. The zero-order valence-electron chi connectivity index (χ0n) is 8.50. The summed E-state index contributed by atoms with van der Waals surface area (Å²) in [6.45, 7) is 4.20. The Kier molecular flexibility index (Phi) is 2.00. The number of aliphatic hydroxyl groups excluding tert-OH is 1. The number of pyridine rings is 1. The van der Waals surface area contributed by atoms with Crippen molar-refractivity contribution in [1.29, 1.82) is 0 Å². The molecule has 2 rings (SSSR count). The van der Waals surface area contributed by atoms with Crippen LogP contribution in [0.2, 0.25) is 0 Å². The Morgan fingerprint density at radius 2 is 2.21 bits per heavy atom. The van der Waals surface area contributed by atoms with E-state index in [0.717, 1.165) is 24.1 Å². The monoisotopic (exact) mass is 193 g/mol. The molecule has 2 N–H and O–H groups in total. The minimum atomic E-state index is -0.439. The maximum atomic E-state index is 11.1. The molecule has 0 saturated carbocycles. The number of nitrogens with one attached hydrogen (secondary N) is 1. The van der Waals surface area contributed by atoms with Gasteiger partial charge in [0, 0.05) is 17.3 Å². The number of hydrogen-bond acceptors (Lipinski definition) is 2. The molecular weight excluding hydrogens is 178 g/mol. The maximum absolute atomic E-state index is 11.1. The van der Waals surface area contributed by atoms with E-state index in [1.807, 2.05) is 0 Å². The van der Waals surface area contributed by atoms with Crippen LogP contribution in [0.25, 0.3) is 0 Å². The molecule has 0 spiro atoms. The molecule has 1 heterocycles. The van der Waals surface area contributed by atoms with E-state index < -0.39 is 6.10 Å². The summed E-state index contributed by atoms with van der Waals surface area (Å²) in [5, 5.41) is 9.87. The van der Waals surface area contributed by atoms with Crippen molar-refractivity contribution in [2.24, 2.45) is 5.41 Å². The number of aromatic amines is 1. The average molecular weight is 193 g/mol. The van der Waals surface area contributed by atoms with Crippen molar-refractivity contribution in [2.75, 3.05) is 0 Å². The van der Waals surface area contributed by atoms with E-state index in [0.29, 0.717) is 0 Å². The summed E-state index contributed by atoms with van der Waals surface area (Å²) < 4.78 is 0. The minimum Gasteiger partial charge on any atom is -0.388 e. The van der Waals surface area contributed by atoms with Crippen molar-refractivity contribution < 1.29 is 5.11 Å². The van der Waals surface area contributed by atoms with E-state index in [1.165, 1.54) is 6.07 Å². The Morgan fingerprint density at radius 1 is 1.50 bits per heavy atom. The highest BCUT2D eigenvalue weighted by Gasteiger charge is 2.31. The van der Waals surface area contributed by atoms with E-state index in [1.54, 1.807) is 6.07 Å². The van der Waals surface area contributed by atoms with Crippen LogP contribution in [0.4, 0.5) is 0 Å². The van der Waals surface area contributed by atoms with Crippen LogP contribution in [0.15, 0.2) is 16.9 Å². The second-order valence-corrected chi connectivity index (χ2v) is 4.82. The Morgan fingerprint density at radius 3 is 2.93 bits per heavy atom. The van der Waals surface area contributed by atoms with Crippen LogP contribution >= 0.6 is 0 Å². The molecule has 0 amide bonds. The van der Waals surface area contributed by atoms with Crippen LogP contribution in [0.1, 0.15) is 37.6 Å². The van der Waals surface area contributed by atoms with Crippen molar-refractivity contribution in [2.45, 2.75) is 32.8 Å². The molecule has 0 radical (unpaired) electrons. The first-order valence-electron chi connectivity index (χ1n) is 4.88. The third kappa shape index (κ3) is 1.60. The second kappa shape index (κ2) is 2.95. The van der Waals surface area contributed by atoms with Crippen LogP contribution in [-0.4, -0.2) is 10.1 Å². The van der Waals surface area contributed by atoms with Gasteiger partial charge in [0.25, 0.3) is 0 Å². The number of hydrogen-bond donors (Lipinski definition) is 2. The lowest BCUT2D eigenvalue weighted by molar-refractivity contribution is 0.0981. The molecule has 3 heteroatoms. The fraction of sp³-hybridized carbons (Fsp3) is 0.545. The molecule has 0 aliphatic heterocycles. The molecule has 1 aromatic heterocycles. The minimum absolute atomic E-state index is 0.0662. The summed E-state index contributed by atoms with van der Waals surface area (Å²) in [7, 11) is 0. The summed E-state index contributed by atoms with van der Waals surface area (Å²) in [5.41, 5.74) is 1.75. The fourth-order valence-corrected chi connectivity index (χ4v) is 2.17. The third-order valence-electron chi connectivity index (χ3n) is 2.80. The Labute approximate surface area is 82.8 Å². The normalized spacial score (nSPS) is 24.4. The molecule has 0 fully saturated rings. The van der Waals surface area contributed by atoms with Crippen LogP contribution in [0, 0.1) is 5.41 Å². The number of rotatable bonds is 0. The summed E-state index contributed by atoms with van der Waals surface area (Å²) in [4.78, 5) is 13.9. The van der Waals surface area contributed by atoms with Crippen molar-refractivity contribution in [3.8, 4) is 0 Å². The van der Waals surface area contributed by atoms with E-state index in [4.69, 9.17) is 0 Å². The van der Waals surface area contributed by atoms with Gasteiger partial charge in [0.1, 0.15) is 0 Å². The summed E-state index contributed by atoms with van der Waals surface area (Å²) >= 11 is 0. The molecule has 0 aromatic carbocycles. The lowest BCUT2D eigenvalue weighted by Crippen LogP contribution is -2.28. The van der Waals surface area contributed by atoms with Gasteiger partial charge >= 0.3 is 0 Å².